The summed E-state index contributed by atoms with van der Waals surface area (Å²) in [4.78, 5) is 39.4. The fraction of sp³-hybridized carbons (Fsp3) is 0.129. The van der Waals surface area contributed by atoms with E-state index in [2.05, 4.69) is 5.32 Å². The van der Waals surface area contributed by atoms with Crippen LogP contribution in [-0.4, -0.2) is 21.6 Å². The van der Waals surface area contributed by atoms with Crippen LogP contribution in [0.4, 0.5) is 0 Å². The van der Waals surface area contributed by atoms with Crippen LogP contribution < -0.4 is 16.6 Å². The zero-order chi connectivity index (χ0) is 26.5. The highest BCUT2D eigenvalue weighted by molar-refractivity contribution is 6.30. The summed E-state index contributed by atoms with van der Waals surface area (Å²) < 4.78 is 2.89. The molecule has 4 aromatic carbocycles. The third-order valence-corrected chi connectivity index (χ3v) is 6.74. The lowest BCUT2D eigenvalue weighted by molar-refractivity contribution is 0.0954. The lowest BCUT2D eigenvalue weighted by Gasteiger charge is -2.14. The van der Waals surface area contributed by atoms with Gasteiger partial charge in [0.2, 0.25) is 0 Å². The minimum absolute atomic E-state index is 0.107. The molecule has 6 nitrogen and oxygen atoms in total. The van der Waals surface area contributed by atoms with E-state index in [9.17, 15) is 14.4 Å². The van der Waals surface area contributed by atoms with E-state index >= 15 is 0 Å². The lowest BCUT2D eigenvalue weighted by Crippen LogP contribution is -2.40. The Kier molecular flexibility index (Phi) is 7.52. The molecule has 1 aromatic heterocycles. The van der Waals surface area contributed by atoms with Gasteiger partial charge in [0.25, 0.3) is 11.5 Å². The summed E-state index contributed by atoms with van der Waals surface area (Å²) in [6.07, 6.45) is 0.696. The van der Waals surface area contributed by atoms with E-state index in [-0.39, 0.29) is 23.7 Å². The smallest absolute Gasteiger partial charge is 0.332 e. The zero-order valence-electron chi connectivity index (χ0n) is 20.6. The van der Waals surface area contributed by atoms with Crippen LogP contribution >= 0.6 is 11.6 Å². The van der Waals surface area contributed by atoms with Crippen LogP contribution in [0.3, 0.4) is 0 Å². The first-order valence-electron chi connectivity index (χ1n) is 12.4. The summed E-state index contributed by atoms with van der Waals surface area (Å²) in [6.45, 7) is 0.959. The van der Waals surface area contributed by atoms with Crippen molar-refractivity contribution in [2.75, 3.05) is 6.54 Å². The molecule has 0 atom stereocenters. The van der Waals surface area contributed by atoms with Crippen molar-refractivity contribution in [3.05, 3.63) is 151 Å². The maximum atomic E-state index is 13.5. The summed E-state index contributed by atoms with van der Waals surface area (Å²) in [5, 5.41) is 4.09. The molecule has 0 aliphatic rings. The molecule has 5 aromatic rings. The number of amides is 1. The summed E-state index contributed by atoms with van der Waals surface area (Å²) in [6, 6.07) is 31.3. The average molecular weight is 524 g/mol. The number of hydrogen-bond acceptors (Lipinski definition) is 3. The first-order valence-corrected chi connectivity index (χ1v) is 12.8. The number of fused-ring (bicyclic) bond motifs is 1. The van der Waals surface area contributed by atoms with Crippen molar-refractivity contribution in [2.24, 2.45) is 0 Å². The van der Waals surface area contributed by atoms with Crippen LogP contribution in [0, 0.1) is 0 Å². The summed E-state index contributed by atoms with van der Waals surface area (Å²) >= 11 is 5.92. The van der Waals surface area contributed by atoms with E-state index in [1.54, 1.807) is 47.0 Å². The van der Waals surface area contributed by atoms with E-state index in [1.165, 1.54) is 4.57 Å². The molecule has 0 bridgehead atoms. The molecule has 0 radical (unpaired) electrons. The lowest BCUT2D eigenvalue weighted by atomic mass is 10.1. The number of nitrogens with one attached hydrogen (secondary N) is 1. The van der Waals surface area contributed by atoms with E-state index in [4.69, 9.17) is 11.6 Å². The fourth-order valence-electron chi connectivity index (χ4n) is 4.45. The third-order valence-electron chi connectivity index (χ3n) is 6.49. The van der Waals surface area contributed by atoms with Crippen molar-refractivity contribution in [2.45, 2.75) is 19.5 Å². The van der Waals surface area contributed by atoms with Gasteiger partial charge in [-0.25, -0.2) is 4.79 Å². The Bertz CT molecular complexity index is 1690. The number of benzene rings is 4. The Labute approximate surface area is 224 Å². The van der Waals surface area contributed by atoms with Crippen molar-refractivity contribution < 1.29 is 4.79 Å². The molecule has 1 amide bonds. The van der Waals surface area contributed by atoms with E-state index in [1.807, 2.05) is 60.7 Å². The molecule has 0 fully saturated rings. The Morgan fingerprint density at radius 1 is 0.684 bits per heavy atom. The molecule has 1 N–H and O–H groups in total. The van der Waals surface area contributed by atoms with Gasteiger partial charge in [-0.05, 0) is 59.5 Å². The molecular weight excluding hydrogens is 498 g/mol. The normalized spacial score (nSPS) is 11.0. The first-order chi connectivity index (χ1) is 18.5. The largest absolute Gasteiger partial charge is 0.352 e. The van der Waals surface area contributed by atoms with Gasteiger partial charge in [-0.2, -0.15) is 0 Å². The van der Waals surface area contributed by atoms with Crippen LogP contribution in [0.1, 0.15) is 27.0 Å². The Morgan fingerprint density at radius 3 is 2.03 bits per heavy atom. The highest BCUT2D eigenvalue weighted by Gasteiger charge is 2.14. The maximum absolute atomic E-state index is 13.5. The van der Waals surface area contributed by atoms with Gasteiger partial charge in [0, 0.05) is 17.1 Å². The molecule has 0 unspecified atom stereocenters. The van der Waals surface area contributed by atoms with Crippen LogP contribution in [0.15, 0.2) is 113 Å². The summed E-state index contributed by atoms with van der Waals surface area (Å²) in [5.41, 5.74) is 3.22. The first kappa shape index (κ1) is 25.2. The number of hydrogen-bond donors (Lipinski definition) is 1. The van der Waals surface area contributed by atoms with Gasteiger partial charge in [0.1, 0.15) is 0 Å². The zero-order valence-corrected chi connectivity index (χ0v) is 21.4. The van der Waals surface area contributed by atoms with Gasteiger partial charge in [0.05, 0.1) is 24.0 Å². The minimum atomic E-state index is -0.374. The van der Waals surface area contributed by atoms with Gasteiger partial charge in [-0.3, -0.25) is 18.7 Å². The number of aromatic nitrogens is 2. The maximum Gasteiger partial charge on any atom is 0.332 e. The second-order valence-corrected chi connectivity index (χ2v) is 9.53. The van der Waals surface area contributed by atoms with E-state index < -0.39 is 0 Å². The van der Waals surface area contributed by atoms with Crippen molar-refractivity contribution in [1.82, 2.24) is 14.5 Å². The van der Waals surface area contributed by atoms with Gasteiger partial charge in [-0.15, -0.1) is 0 Å². The number of carbonyl (C=O) groups excluding carboxylic acids is 1. The molecule has 0 saturated carbocycles. The monoisotopic (exact) mass is 523 g/mol. The van der Waals surface area contributed by atoms with Gasteiger partial charge >= 0.3 is 5.69 Å². The summed E-state index contributed by atoms with van der Waals surface area (Å²) in [7, 11) is 0. The molecule has 190 valence electrons. The van der Waals surface area contributed by atoms with Crippen molar-refractivity contribution in [1.29, 1.82) is 0 Å². The van der Waals surface area contributed by atoms with Crippen molar-refractivity contribution in [3.8, 4) is 0 Å². The summed E-state index contributed by atoms with van der Waals surface area (Å²) in [5.74, 6) is -0.182. The quantitative estimate of drug-likeness (QED) is 0.315. The predicted octanol–water partition coefficient (Wildman–Crippen LogP) is 4.89. The van der Waals surface area contributed by atoms with E-state index in [0.29, 0.717) is 41.0 Å². The number of nitrogens with zero attached hydrogens (tertiary/aromatic N) is 2. The molecular formula is C31H26ClN3O3. The second-order valence-electron chi connectivity index (χ2n) is 9.09. The van der Waals surface area contributed by atoms with Crippen LogP contribution in [0.2, 0.25) is 5.02 Å². The average Bonchev–Trinajstić information content (AvgIpc) is 2.95. The Hall–Kier alpha value is -4.42. The third kappa shape index (κ3) is 5.61. The highest BCUT2D eigenvalue weighted by atomic mass is 35.5. The number of para-hydroxylation sites is 1. The molecule has 38 heavy (non-hydrogen) atoms. The molecule has 7 heteroatoms. The van der Waals surface area contributed by atoms with Crippen molar-refractivity contribution >= 4 is 28.4 Å². The predicted molar refractivity (Wildman–Crippen MR) is 151 cm³/mol. The topological polar surface area (TPSA) is 73.1 Å². The SMILES string of the molecule is O=C(NCCc1ccc(Cl)cc1)c1ccc(Cn2c(=O)c3ccccc3n(Cc3ccccc3)c2=O)cc1. The van der Waals surface area contributed by atoms with Gasteiger partial charge in [-0.1, -0.05) is 78.3 Å². The molecule has 0 aliphatic heterocycles. The molecule has 1 heterocycles. The van der Waals surface area contributed by atoms with Crippen LogP contribution in [0.5, 0.6) is 0 Å². The van der Waals surface area contributed by atoms with E-state index in [0.717, 1.165) is 16.7 Å². The van der Waals surface area contributed by atoms with Crippen molar-refractivity contribution in [3.63, 3.8) is 0 Å². The van der Waals surface area contributed by atoms with Crippen LogP contribution in [-0.2, 0) is 19.5 Å². The number of halogens is 1. The van der Waals surface area contributed by atoms with Crippen LogP contribution in [0.25, 0.3) is 10.9 Å². The molecule has 0 aliphatic carbocycles. The Morgan fingerprint density at radius 2 is 1.29 bits per heavy atom. The minimum Gasteiger partial charge on any atom is -0.352 e. The molecule has 5 rings (SSSR count). The Balaban J connectivity index is 1.34. The number of carbonyl (C=O) groups is 1. The van der Waals surface area contributed by atoms with Gasteiger partial charge in [0.15, 0.2) is 0 Å². The standard InChI is InChI=1S/C31H26ClN3O3/c32-26-16-12-22(13-17-26)18-19-33-29(36)25-14-10-24(11-15-25)21-35-30(37)27-8-4-5-9-28(27)34(31(35)38)20-23-6-2-1-3-7-23/h1-17H,18-21H2,(H,33,36). The highest BCUT2D eigenvalue weighted by Crippen LogP contribution is 2.12. The fourth-order valence-corrected chi connectivity index (χ4v) is 4.57. The molecule has 0 spiro atoms. The number of rotatable bonds is 8. The van der Waals surface area contributed by atoms with Gasteiger partial charge < -0.3 is 5.32 Å². The molecule has 0 saturated heterocycles. The second kappa shape index (κ2) is 11.3.